The van der Waals surface area contributed by atoms with Crippen LogP contribution in [-0.4, -0.2) is 21.8 Å². The highest BCUT2D eigenvalue weighted by Gasteiger charge is 2.31. The van der Waals surface area contributed by atoms with E-state index in [1.54, 1.807) is 0 Å². The molecule has 0 aliphatic heterocycles. The standard InChI is InChI=1S/C36H44O3/c1-6-36(7-2,31-14-13-28(26(4)22-31)17-20-35(39)18-9-8-10-19-35)32-15-16-33(27(5)23-32)30-12-11-29(24-34(37)38)25(3)21-30/h11-17,20-23,39H,6-10,18-19,24H2,1-5H3,(H,37,38)/b20-17+. The molecule has 1 aliphatic rings. The van der Waals surface area contributed by atoms with Gasteiger partial charge in [-0.25, -0.2) is 0 Å². The molecule has 0 spiro atoms. The molecule has 0 amide bonds. The molecule has 1 fully saturated rings. The third-order valence-electron chi connectivity index (χ3n) is 9.10. The van der Waals surface area contributed by atoms with Crippen molar-refractivity contribution in [2.75, 3.05) is 0 Å². The van der Waals surface area contributed by atoms with Crippen molar-refractivity contribution in [3.05, 3.63) is 99.6 Å². The van der Waals surface area contributed by atoms with E-state index in [1.165, 1.54) is 39.8 Å². The van der Waals surface area contributed by atoms with E-state index in [0.29, 0.717) is 0 Å². The molecule has 0 aromatic heterocycles. The number of carboxylic acids is 1. The second kappa shape index (κ2) is 11.9. The first-order valence-corrected chi connectivity index (χ1v) is 14.6. The van der Waals surface area contributed by atoms with Crippen molar-refractivity contribution >= 4 is 12.0 Å². The fourth-order valence-electron chi connectivity index (χ4n) is 6.48. The van der Waals surface area contributed by atoms with E-state index in [0.717, 1.165) is 55.2 Å². The molecule has 0 saturated heterocycles. The molecule has 0 unspecified atom stereocenters. The lowest BCUT2D eigenvalue weighted by molar-refractivity contribution is -0.136. The summed E-state index contributed by atoms with van der Waals surface area (Å²) in [7, 11) is 0. The lowest BCUT2D eigenvalue weighted by Gasteiger charge is -2.34. The van der Waals surface area contributed by atoms with Crippen molar-refractivity contribution in [2.45, 2.75) is 97.0 Å². The third-order valence-corrected chi connectivity index (χ3v) is 9.10. The highest BCUT2D eigenvalue weighted by molar-refractivity contribution is 5.73. The van der Waals surface area contributed by atoms with Gasteiger partial charge >= 0.3 is 5.97 Å². The molecule has 0 bridgehead atoms. The fraction of sp³-hybridized carbons (Fsp3) is 0.417. The third kappa shape index (κ3) is 6.20. The van der Waals surface area contributed by atoms with Gasteiger partial charge in [-0.3, -0.25) is 4.79 Å². The second-order valence-electron chi connectivity index (χ2n) is 11.6. The maximum absolute atomic E-state index is 11.2. The van der Waals surface area contributed by atoms with E-state index >= 15 is 0 Å². The molecule has 2 N–H and O–H groups in total. The Balaban J connectivity index is 1.65. The van der Waals surface area contributed by atoms with Gasteiger partial charge < -0.3 is 10.2 Å². The lowest BCUT2D eigenvalue weighted by atomic mass is 9.69. The average molecular weight is 525 g/mol. The van der Waals surface area contributed by atoms with Crippen molar-refractivity contribution < 1.29 is 15.0 Å². The first-order chi connectivity index (χ1) is 18.6. The van der Waals surface area contributed by atoms with Crippen LogP contribution in [0, 0.1) is 20.8 Å². The minimum absolute atomic E-state index is 0.0500. The van der Waals surface area contributed by atoms with Crippen LogP contribution in [0.3, 0.4) is 0 Å². The summed E-state index contributed by atoms with van der Waals surface area (Å²) in [6.07, 6.45) is 11.3. The van der Waals surface area contributed by atoms with Crippen molar-refractivity contribution in [1.82, 2.24) is 0 Å². The molecule has 0 heterocycles. The Hall–Kier alpha value is -3.17. The largest absolute Gasteiger partial charge is 0.481 e. The molecule has 39 heavy (non-hydrogen) atoms. The van der Waals surface area contributed by atoms with E-state index in [9.17, 15) is 15.0 Å². The molecule has 1 aliphatic carbocycles. The van der Waals surface area contributed by atoms with Crippen LogP contribution in [-0.2, 0) is 16.6 Å². The Morgan fingerprint density at radius 2 is 1.49 bits per heavy atom. The molecule has 0 atom stereocenters. The lowest BCUT2D eigenvalue weighted by Crippen LogP contribution is -2.28. The predicted octanol–water partition coefficient (Wildman–Crippen LogP) is 8.72. The summed E-state index contributed by atoms with van der Waals surface area (Å²) in [5, 5.41) is 20.1. The average Bonchev–Trinajstić information content (AvgIpc) is 2.91. The number of carbonyl (C=O) groups is 1. The van der Waals surface area contributed by atoms with Crippen LogP contribution in [0.25, 0.3) is 17.2 Å². The van der Waals surface area contributed by atoms with Gasteiger partial charge in [0.05, 0.1) is 12.0 Å². The van der Waals surface area contributed by atoms with Crippen LogP contribution in [0.5, 0.6) is 0 Å². The van der Waals surface area contributed by atoms with E-state index in [4.69, 9.17) is 0 Å². The molecular formula is C36H44O3. The van der Waals surface area contributed by atoms with E-state index in [1.807, 2.05) is 25.1 Å². The topological polar surface area (TPSA) is 57.5 Å². The summed E-state index contributed by atoms with van der Waals surface area (Å²) in [4.78, 5) is 11.2. The number of benzene rings is 3. The van der Waals surface area contributed by atoms with Crippen LogP contribution in [0.2, 0.25) is 0 Å². The Labute approximate surface area is 234 Å². The first kappa shape index (κ1) is 28.8. The van der Waals surface area contributed by atoms with Crippen LogP contribution in [0.15, 0.2) is 60.7 Å². The highest BCUT2D eigenvalue weighted by Crippen LogP contribution is 2.41. The summed E-state index contributed by atoms with van der Waals surface area (Å²) in [6, 6.07) is 19.8. The number of rotatable bonds is 9. The van der Waals surface area contributed by atoms with Crippen LogP contribution in [0.4, 0.5) is 0 Å². The van der Waals surface area contributed by atoms with Gasteiger partial charge in [0.25, 0.3) is 0 Å². The zero-order valence-corrected chi connectivity index (χ0v) is 24.3. The summed E-state index contributed by atoms with van der Waals surface area (Å²) >= 11 is 0. The van der Waals surface area contributed by atoms with Crippen molar-refractivity contribution in [3.63, 3.8) is 0 Å². The molecule has 3 aromatic carbocycles. The Bertz CT molecular complexity index is 1350. The van der Waals surface area contributed by atoms with Crippen molar-refractivity contribution in [1.29, 1.82) is 0 Å². The van der Waals surface area contributed by atoms with Crippen LogP contribution < -0.4 is 0 Å². The van der Waals surface area contributed by atoms with Gasteiger partial charge in [-0.15, -0.1) is 0 Å². The Morgan fingerprint density at radius 1 is 0.846 bits per heavy atom. The van der Waals surface area contributed by atoms with Gasteiger partial charge in [0.2, 0.25) is 0 Å². The fourth-order valence-corrected chi connectivity index (χ4v) is 6.48. The van der Waals surface area contributed by atoms with Gasteiger partial charge in [-0.2, -0.15) is 0 Å². The summed E-state index contributed by atoms with van der Waals surface area (Å²) < 4.78 is 0. The van der Waals surface area contributed by atoms with Crippen LogP contribution in [0.1, 0.15) is 97.7 Å². The second-order valence-corrected chi connectivity index (χ2v) is 11.6. The van der Waals surface area contributed by atoms with Crippen LogP contribution >= 0.6 is 0 Å². The summed E-state index contributed by atoms with van der Waals surface area (Å²) in [5.74, 6) is -0.803. The summed E-state index contributed by atoms with van der Waals surface area (Å²) in [5.41, 5.74) is 9.72. The number of aliphatic carboxylic acids is 1. The SMILES string of the molecule is CCC(CC)(c1ccc(/C=C/C2(O)CCCCC2)c(C)c1)c1ccc(-c2ccc(CC(=O)O)c(C)c2)c(C)c1. The smallest absolute Gasteiger partial charge is 0.307 e. The van der Waals surface area contributed by atoms with Crippen molar-refractivity contribution in [2.24, 2.45) is 0 Å². The number of aliphatic hydroxyl groups is 1. The van der Waals surface area contributed by atoms with E-state index < -0.39 is 11.6 Å². The molecule has 206 valence electrons. The maximum Gasteiger partial charge on any atom is 0.307 e. The number of hydrogen-bond donors (Lipinski definition) is 2. The quantitative estimate of drug-likeness (QED) is 0.294. The molecule has 3 aromatic rings. The van der Waals surface area contributed by atoms with Gasteiger partial charge in [0, 0.05) is 5.41 Å². The molecule has 3 heteroatoms. The molecule has 4 rings (SSSR count). The summed E-state index contributed by atoms with van der Waals surface area (Å²) in [6.45, 7) is 10.9. The first-order valence-electron chi connectivity index (χ1n) is 14.6. The zero-order chi connectivity index (χ0) is 28.2. The molecule has 1 saturated carbocycles. The predicted molar refractivity (Wildman–Crippen MR) is 162 cm³/mol. The molecule has 0 radical (unpaired) electrons. The van der Waals surface area contributed by atoms with Crippen molar-refractivity contribution in [3.8, 4) is 11.1 Å². The van der Waals surface area contributed by atoms with Gasteiger partial charge in [-0.05, 0) is 96.5 Å². The monoisotopic (exact) mass is 524 g/mol. The zero-order valence-electron chi connectivity index (χ0n) is 24.3. The normalized spacial score (nSPS) is 15.5. The minimum atomic E-state index is -0.803. The molecular weight excluding hydrogens is 480 g/mol. The van der Waals surface area contributed by atoms with Gasteiger partial charge in [-0.1, -0.05) is 99.9 Å². The number of aryl methyl sites for hydroxylation is 3. The van der Waals surface area contributed by atoms with Gasteiger partial charge in [0.1, 0.15) is 0 Å². The Morgan fingerprint density at radius 3 is 2.05 bits per heavy atom. The van der Waals surface area contributed by atoms with E-state index in [2.05, 4.69) is 76.2 Å². The Kier molecular flexibility index (Phi) is 8.81. The number of hydrogen-bond acceptors (Lipinski definition) is 2. The molecule has 3 nitrogen and oxygen atoms in total. The maximum atomic E-state index is 11.2. The minimum Gasteiger partial charge on any atom is -0.481 e. The van der Waals surface area contributed by atoms with Gasteiger partial charge in [0.15, 0.2) is 0 Å². The number of carboxylic acid groups (broad SMARTS) is 1. The highest BCUT2D eigenvalue weighted by atomic mass is 16.4. The van der Waals surface area contributed by atoms with E-state index in [-0.39, 0.29) is 11.8 Å².